The summed E-state index contributed by atoms with van der Waals surface area (Å²) < 4.78 is 0. The smallest absolute Gasteiger partial charge is 0.209 e. The minimum absolute atomic E-state index is 0.939. The first-order chi connectivity index (χ1) is 4.93. The Labute approximate surface area is 66.0 Å². The minimum Gasteiger partial charge on any atom is -0.344 e. The molecule has 1 aliphatic heterocycles. The lowest BCUT2D eigenvalue weighted by Crippen LogP contribution is -2.27. The molecule has 1 aliphatic rings. The molecule has 10 heavy (non-hydrogen) atoms. The Morgan fingerprint density at radius 1 is 1.20 bits per heavy atom. The third-order valence-corrected chi connectivity index (χ3v) is 2.70. The van der Waals surface area contributed by atoms with Gasteiger partial charge >= 0.3 is 0 Å². The zero-order valence-electron chi connectivity index (χ0n) is 6.08. The van der Waals surface area contributed by atoms with Gasteiger partial charge in [0.2, 0.25) is 6.41 Å². The Hall–Kier alpha value is -0.180. The van der Waals surface area contributed by atoms with Gasteiger partial charge in [-0.05, 0) is 18.6 Å². The average molecular weight is 159 g/mol. The second-order valence-corrected chi connectivity index (χ2v) is 3.69. The first-order valence-corrected chi connectivity index (χ1v) is 4.86. The van der Waals surface area contributed by atoms with Crippen molar-refractivity contribution in [2.24, 2.45) is 0 Å². The summed E-state index contributed by atoms with van der Waals surface area (Å²) in [6.07, 6.45) is 3.40. The number of hydrogen-bond acceptors (Lipinski definition) is 2. The highest BCUT2D eigenvalue weighted by molar-refractivity contribution is 7.99. The standard InChI is InChI=1S/C7H13NOS/c9-7-8-3-1-2-5-10-6-4-8/h7H,1-6H2. The molecule has 1 rings (SSSR count). The molecule has 0 aliphatic carbocycles. The number of amides is 1. The first-order valence-electron chi connectivity index (χ1n) is 3.70. The van der Waals surface area contributed by atoms with Crippen molar-refractivity contribution in [3.63, 3.8) is 0 Å². The molecule has 1 saturated heterocycles. The van der Waals surface area contributed by atoms with Crippen molar-refractivity contribution in [3.8, 4) is 0 Å². The third kappa shape index (κ3) is 2.60. The third-order valence-electron chi connectivity index (χ3n) is 1.66. The Bertz CT molecular complexity index is 99.8. The average Bonchev–Trinajstić information content (AvgIpc) is 1.87. The van der Waals surface area contributed by atoms with E-state index in [0.717, 1.165) is 25.3 Å². The molecular weight excluding hydrogens is 146 g/mol. The SMILES string of the molecule is O=CN1CCCCSCC1. The molecule has 0 aromatic heterocycles. The van der Waals surface area contributed by atoms with Crippen molar-refractivity contribution < 1.29 is 4.79 Å². The van der Waals surface area contributed by atoms with E-state index in [1.54, 1.807) is 0 Å². The lowest BCUT2D eigenvalue weighted by atomic mass is 10.3. The summed E-state index contributed by atoms with van der Waals surface area (Å²) in [6.45, 7) is 1.90. The van der Waals surface area contributed by atoms with E-state index in [1.807, 2.05) is 16.7 Å². The van der Waals surface area contributed by atoms with Crippen LogP contribution in [0.2, 0.25) is 0 Å². The molecule has 0 atom stereocenters. The van der Waals surface area contributed by atoms with E-state index in [0.29, 0.717) is 0 Å². The maximum atomic E-state index is 10.3. The van der Waals surface area contributed by atoms with E-state index >= 15 is 0 Å². The predicted octanol–water partition coefficient (Wildman–Crippen LogP) is 0.972. The van der Waals surface area contributed by atoms with Crippen molar-refractivity contribution in [1.82, 2.24) is 4.90 Å². The number of rotatable bonds is 1. The van der Waals surface area contributed by atoms with Gasteiger partial charge in [0.1, 0.15) is 0 Å². The Kier molecular flexibility index (Phi) is 3.65. The van der Waals surface area contributed by atoms with Crippen LogP contribution in [0.3, 0.4) is 0 Å². The molecule has 3 heteroatoms. The van der Waals surface area contributed by atoms with Gasteiger partial charge in [0.05, 0.1) is 0 Å². The highest BCUT2D eigenvalue weighted by Crippen LogP contribution is 2.08. The van der Waals surface area contributed by atoms with Gasteiger partial charge in [-0.25, -0.2) is 0 Å². The number of hydrogen-bond donors (Lipinski definition) is 0. The Morgan fingerprint density at radius 3 is 2.90 bits per heavy atom. The molecule has 0 unspecified atom stereocenters. The quantitative estimate of drug-likeness (QED) is 0.531. The summed E-state index contributed by atoms with van der Waals surface area (Å²) in [6, 6.07) is 0. The van der Waals surface area contributed by atoms with Gasteiger partial charge in [0, 0.05) is 18.8 Å². The summed E-state index contributed by atoms with van der Waals surface area (Å²) in [5.74, 6) is 2.38. The molecule has 0 saturated carbocycles. The normalized spacial score (nSPS) is 21.4. The van der Waals surface area contributed by atoms with Crippen LogP contribution in [-0.4, -0.2) is 35.9 Å². The monoisotopic (exact) mass is 159 g/mol. The largest absolute Gasteiger partial charge is 0.344 e. The number of nitrogens with zero attached hydrogens (tertiary/aromatic N) is 1. The summed E-state index contributed by atoms with van der Waals surface area (Å²) in [7, 11) is 0. The van der Waals surface area contributed by atoms with Crippen molar-refractivity contribution >= 4 is 18.2 Å². The Balaban J connectivity index is 2.22. The van der Waals surface area contributed by atoms with Crippen LogP contribution < -0.4 is 0 Å². The van der Waals surface area contributed by atoms with Crippen molar-refractivity contribution in [3.05, 3.63) is 0 Å². The fraction of sp³-hybridized carbons (Fsp3) is 0.857. The molecule has 1 fully saturated rings. The lowest BCUT2D eigenvalue weighted by molar-refractivity contribution is -0.118. The molecule has 2 nitrogen and oxygen atoms in total. The predicted molar refractivity (Wildman–Crippen MR) is 44.2 cm³/mol. The van der Waals surface area contributed by atoms with Gasteiger partial charge in [-0.2, -0.15) is 11.8 Å². The zero-order chi connectivity index (χ0) is 7.23. The van der Waals surface area contributed by atoms with Gasteiger partial charge < -0.3 is 4.90 Å². The van der Waals surface area contributed by atoms with Crippen LogP contribution >= 0.6 is 11.8 Å². The van der Waals surface area contributed by atoms with E-state index in [9.17, 15) is 4.79 Å². The number of thioether (sulfide) groups is 1. The minimum atomic E-state index is 0.939. The number of carbonyl (C=O) groups is 1. The van der Waals surface area contributed by atoms with Crippen molar-refractivity contribution in [2.75, 3.05) is 24.6 Å². The van der Waals surface area contributed by atoms with E-state index < -0.39 is 0 Å². The summed E-state index contributed by atoms with van der Waals surface area (Å²) >= 11 is 1.95. The number of carbonyl (C=O) groups excluding carboxylic acids is 1. The molecule has 1 amide bonds. The lowest BCUT2D eigenvalue weighted by Gasteiger charge is -2.19. The maximum absolute atomic E-state index is 10.3. The molecule has 0 bridgehead atoms. The van der Waals surface area contributed by atoms with Crippen molar-refractivity contribution in [1.29, 1.82) is 0 Å². The fourth-order valence-electron chi connectivity index (χ4n) is 1.02. The van der Waals surface area contributed by atoms with Gasteiger partial charge in [0.25, 0.3) is 0 Å². The molecular formula is C7H13NOS. The summed E-state index contributed by atoms with van der Waals surface area (Å²) in [5, 5.41) is 0. The molecule has 0 aromatic rings. The van der Waals surface area contributed by atoms with Crippen LogP contribution in [0.25, 0.3) is 0 Å². The van der Waals surface area contributed by atoms with E-state index in [-0.39, 0.29) is 0 Å². The van der Waals surface area contributed by atoms with Crippen LogP contribution in [-0.2, 0) is 4.79 Å². The Morgan fingerprint density at radius 2 is 2.10 bits per heavy atom. The van der Waals surface area contributed by atoms with Crippen LogP contribution in [0.4, 0.5) is 0 Å². The fourth-order valence-corrected chi connectivity index (χ4v) is 2.00. The highest BCUT2D eigenvalue weighted by Gasteiger charge is 2.03. The summed E-state index contributed by atoms with van der Waals surface area (Å²) in [4.78, 5) is 12.2. The van der Waals surface area contributed by atoms with E-state index in [1.165, 1.54) is 18.6 Å². The van der Waals surface area contributed by atoms with Crippen molar-refractivity contribution in [2.45, 2.75) is 12.8 Å². The van der Waals surface area contributed by atoms with Gasteiger partial charge in [-0.3, -0.25) is 4.79 Å². The second-order valence-electron chi connectivity index (χ2n) is 2.46. The second kappa shape index (κ2) is 4.61. The van der Waals surface area contributed by atoms with Gasteiger partial charge in [0.15, 0.2) is 0 Å². The van der Waals surface area contributed by atoms with Gasteiger partial charge in [-0.15, -0.1) is 0 Å². The summed E-state index contributed by atoms with van der Waals surface area (Å²) in [5.41, 5.74) is 0. The molecule has 0 spiro atoms. The van der Waals surface area contributed by atoms with E-state index in [2.05, 4.69) is 0 Å². The van der Waals surface area contributed by atoms with E-state index in [4.69, 9.17) is 0 Å². The van der Waals surface area contributed by atoms with Crippen LogP contribution in [0.1, 0.15) is 12.8 Å². The van der Waals surface area contributed by atoms with Gasteiger partial charge in [-0.1, -0.05) is 0 Å². The molecule has 0 aromatic carbocycles. The van der Waals surface area contributed by atoms with Crippen LogP contribution in [0, 0.1) is 0 Å². The topological polar surface area (TPSA) is 20.3 Å². The van der Waals surface area contributed by atoms with Crippen LogP contribution in [0.15, 0.2) is 0 Å². The maximum Gasteiger partial charge on any atom is 0.209 e. The molecule has 58 valence electrons. The molecule has 1 heterocycles. The first kappa shape index (κ1) is 7.92. The zero-order valence-corrected chi connectivity index (χ0v) is 6.90. The van der Waals surface area contributed by atoms with Crippen LogP contribution in [0.5, 0.6) is 0 Å². The molecule has 0 N–H and O–H groups in total. The highest BCUT2D eigenvalue weighted by atomic mass is 32.2. The molecule has 0 radical (unpaired) electrons.